The van der Waals surface area contributed by atoms with E-state index in [1.54, 1.807) is 0 Å². The molecule has 5 rings (SSSR count). The zero-order valence-corrected chi connectivity index (χ0v) is 21.0. The van der Waals surface area contributed by atoms with Crippen molar-refractivity contribution in [1.82, 2.24) is 9.78 Å². The van der Waals surface area contributed by atoms with E-state index in [2.05, 4.69) is 5.10 Å². The van der Waals surface area contributed by atoms with Crippen LogP contribution < -0.4 is 21.1 Å². The van der Waals surface area contributed by atoms with Crippen molar-refractivity contribution in [1.29, 1.82) is 0 Å². The first-order valence-electron chi connectivity index (χ1n) is 12.3. The van der Waals surface area contributed by atoms with Gasteiger partial charge in [-0.25, -0.2) is 0 Å². The summed E-state index contributed by atoms with van der Waals surface area (Å²) >= 11 is 0. The summed E-state index contributed by atoms with van der Waals surface area (Å²) in [5, 5.41) is 13.9. The van der Waals surface area contributed by atoms with Crippen LogP contribution in [0.2, 0.25) is 0 Å². The quantitative estimate of drug-likeness (QED) is 0.511. The minimum absolute atomic E-state index is 0.00913. The highest BCUT2D eigenvalue weighted by molar-refractivity contribution is 5.82. The van der Waals surface area contributed by atoms with Gasteiger partial charge in [0.1, 0.15) is 5.69 Å². The summed E-state index contributed by atoms with van der Waals surface area (Å²) < 4.78 is 43.4. The van der Waals surface area contributed by atoms with Crippen LogP contribution in [-0.2, 0) is 17.4 Å². The second kappa shape index (κ2) is 9.46. The number of carbonyl (C=O) groups is 1. The fraction of sp³-hybridized carbons (Fsp3) is 0.370. The fourth-order valence-corrected chi connectivity index (χ4v) is 5.35. The lowest BCUT2D eigenvalue weighted by molar-refractivity contribution is -0.137. The lowest BCUT2D eigenvalue weighted by atomic mass is 9.99. The summed E-state index contributed by atoms with van der Waals surface area (Å²) in [7, 11) is 0. The van der Waals surface area contributed by atoms with E-state index < -0.39 is 28.9 Å². The van der Waals surface area contributed by atoms with Gasteiger partial charge in [0.2, 0.25) is 5.91 Å². The van der Waals surface area contributed by atoms with Crippen molar-refractivity contribution in [3.8, 4) is 16.9 Å². The first-order chi connectivity index (χ1) is 18.0. The monoisotopic (exact) mass is 527 g/mol. The summed E-state index contributed by atoms with van der Waals surface area (Å²) in [5.74, 6) is -0.608. The molecule has 0 atom stereocenters. The normalized spacial score (nSPS) is 15.5. The Hall–Kier alpha value is -3.86. The number of nitrogens with zero attached hydrogens (tertiary/aromatic N) is 4. The molecule has 38 heavy (non-hydrogen) atoms. The molecule has 2 aliphatic heterocycles. The lowest BCUT2D eigenvalue weighted by Gasteiger charge is -2.40. The Balaban J connectivity index is 1.77. The maximum atomic E-state index is 14.2. The van der Waals surface area contributed by atoms with Crippen molar-refractivity contribution in [2.45, 2.75) is 26.4 Å². The van der Waals surface area contributed by atoms with Crippen molar-refractivity contribution >= 4 is 17.3 Å². The van der Waals surface area contributed by atoms with Crippen LogP contribution in [-0.4, -0.2) is 53.6 Å². The first-order valence-corrected chi connectivity index (χ1v) is 12.3. The molecule has 2 aliphatic rings. The average molecular weight is 528 g/mol. The van der Waals surface area contributed by atoms with Crippen molar-refractivity contribution < 1.29 is 23.1 Å². The van der Waals surface area contributed by atoms with Crippen molar-refractivity contribution in [2.75, 3.05) is 42.6 Å². The van der Waals surface area contributed by atoms with Crippen LogP contribution in [0.5, 0.6) is 0 Å². The number of primary amides is 1. The van der Waals surface area contributed by atoms with Crippen molar-refractivity contribution in [3.05, 3.63) is 69.0 Å². The summed E-state index contributed by atoms with van der Waals surface area (Å²) in [6, 6.07) is 9.35. The third-order valence-electron chi connectivity index (χ3n) is 7.05. The smallest absolute Gasteiger partial charge is 0.396 e. The van der Waals surface area contributed by atoms with E-state index >= 15 is 0 Å². The fourth-order valence-electron chi connectivity index (χ4n) is 5.35. The number of amides is 1. The minimum Gasteiger partial charge on any atom is -0.396 e. The van der Waals surface area contributed by atoms with Gasteiger partial charge in [-0.05, 0) is 50.6 Å². The van der Waals surface area contributed by atoms with Gasteiger partial charge in [0.05, 0.1) is 23.5 Å². The molecule has 0 aliphatic carbocycles. The second-order valence-electron chi connectivity index (χ2n) is 10.1. The lowest BCUT2D eigenvalue weighted by Crippen LogP contribution is -2.48. The first kappa shape index (κ1) is 25.8. The van der Waals surface area contributed by atoms with Crippen molar-refractivity contribution in [2.24, 2.45) is 11.7 Å². The molecule has 200 valence electrons. The predicted octanol–water partition coefficient (Wildman–Crippen LogP) is 2.81. The molecular formula is C27H28F3N5O3. The van der Waals surface area contributed by atoms with Gasteiger partial charge < -0.3 is 20.6 Å². The third-order valence-corrected chi connectivity index (χ3v) is 7.05. The Morgan fingerprint density at radius 1 is 1.13 bits per heavy atom. The van der Waals surface area contributed by atoms with Crippen LogP contribution in [0.25, 0.3) is 16.9 Å². The summed E-state index contributed by atoms with van der Waals surface area (Å²) in [6.45, 7) is 4.88. The van der Waals surface area contributed by atoms with Gasteiger partial charge in [-0.1, -0.05) is 17.2 Å². The molecule has 1 amide bonds. The van der Waals surface area contributed by atoms with Crippen LogP contribution in [0.1, 0.15) is 22.3 Å². The number of rotatable bonds is 6. The van der Waals surface area contributed by atoms with Crippen LogP contribution >= 0.6 is 0 Å². The van der Waals surface area contributed by atoms with E-state index in [9.17, 15) is 27.9 Å². The van der Waals surface area contributed by atoms with Crippen LogP contribution in [0.4, 0.5) is 24.5 Å². The molecule has 0 bridgehead atoms. The third kappa shape index (κ3) is 4.62. The SMILES string of the molecule is Cc1cc(C)cc(-c2nn(-c3cc(N4CC(CO)C4)ccc3C(F)(F)F)c(=O)c3c2CCN3CC(N)=O)c1. The Morgan fingerprint density at radius 3 is 2.42 bits per heavy atom. The van der Waals surface area contributed by atoms with E-state index in [0.717, 1.165) is 21.9 Å². The molecule has 1 saturated heterocycles. The van der Waals surface area contributed by atoms with E-state index in [0.29, 0.717) is 48.6 Å². The van der Waals surface area contributed by atoms with Gasteiger partial charge in [-0.3, -0.25) is 9.59 Å². The minimum atomic E-state index is -4.75. The Labute approximate surface area is 217 Å². The largest absolute Gasteiger partial charge is 0.418 e. The van der Waals surface area contributed by atoms with Gasteiger partial charge in [-0.15, -0.1) is 0 Å². The number of aliphatic hydroxyl groups excluding tert-OH is 1. The van der Waals surface area contributed by atoms with Gasteiger partial charge in [0.25, 0.3) is 5.56 Å². The molecule has 3 heterocycles. The number of halogens is 3. The molecule has 1 fully saturated rings. The molecule has 2 aromatic carbocycles. The maximum Gasteiger partial charge on any atom is 0.418 e. The maximum absolute atomic E-state index is 14.2. The number of aromatic nitrogens is 2. The molecule has 0 spiro atoms. The van der Waals surface area contributed by atoms with Gasteiger partial charge in [-0.2, -0.15) is 23.0 Å². The Kier molecular flexibility index (Phi) is 6.42. The molecule has 11 heteroatoms. The number of carbonyl (C=O) groups excluding carboxylic acids is 1. The van der Waals surface area contributed by atoms with E-state index in [1.807, 2.05) is 36.9 Å². The molecule has 8 nitrogen and oxygen atoms in total. The molecule has 0 radical (unpaired) electrons. The number of aliphatic hydroxyl groups is 1. The van der Waals surface area contributed by atoms with E-state index in [-0.39, 0.29) is 24.8 Å². The Bertz CT molecular complexity index is 1460. The second-order valence-corrected chi connectivity index (χ2v) is 10.1. The van der Waals surface area contributed by atoms with E-state index in [4.69, 9.17) is 5.73 Å². The average Bonchev–Trinajstić information content (AvgIpc) is 3.20. The number of fused-ring (bicyclic) bond motifs is 1. The predicted molar refractivity (Wildman–Crippen MR) is 138 cm³/mol. The number of hydrogen-bond donors (Lipinski definition) is 2. The number of anilines is 2. The zero-order chi connectivity index (χ0) is 27.4. The zero-order valence-electron chi connectivity index (χ0n) is 21.0. The highest BCUT2D eigenvalue weighted by atomic mass is 19.4. The summed E-state index contributed by atoms with van der Waals surface area (Å²) in [4.78, 5) is 28.9. The highest BCUT2D eigenvalue weighted by Gasteiger charge is 2.37. The molecule has 0 saturated carbocycles. The standard InChI is InChI=1S/C27H28F3N5O3/c1-15-7-16(2)9-18(8-15)24-20-5-6-33(13-23(31)37)25(20)26(38)35(32-24)22-10-19(34-11-17(12-34)14-36)3-4-21(22)27(28,29)30/h3-4,7-10,17,36H,5-6,11-14H2,1-2H3,(H2,31,37). The summed E-state index contributed by atoms with van der Waals surface area (Å²) in [6.07, 6.45) is -4.35. The number of hydrogen-bond acceptors (Lipinski definition) is 6. The van der Waals surface area contributed by atoms with Crippen LogP contribution in [0, 0.1) is 19.8 Å². The molecule has 3 N–H and O–H groups in total. The van der Waals surface area contributed by atoms with Crippen LogP contribution in [0.15, 0.2) is 41.2 Å². The summed E-state index contributed by atoms with van der Waals surface area (Å²) in [5.41, 5.74) is 7.43. The van der Waals surface area contributed by atoms with Gasteiger partial charge >= 0.3 is 6.18 Å². The van der Waals surface area contributed by atoms with Gasteiger partial charge in [0, 0.05) is 49.0 Å². The number of alkyl halides is 3. The molecule has 0 unspecified atom stereocenters. The van der Waals surface area contributed by atoms with Gasteiger partial charge in [0.15, 0.2) is 0 Å². The number of benzene rings is 2. The highest BCUT2D eigenvalue weighted by Crippen LogP contribution is 2.38. The Morgan fingerprint density at radius 2 is 1.82 bits per heavy atom. The molecule has 3 aromatic rings. The van der Waals surface area contributed by atoms with E-state index in [1.165, 1.54) is 17.0 Å². The number of aryl methyl sites for hydroxylation is 2. The molecule has 1 aromatic heterocycles. The van der Waals surface area contributed by atoms with Crippen LogP contribution in [0.3, 0.4) is 0 Å². The van der Waals surface area contributed by atoms with Crippen molar-refractivity contribution in [3.63, 3.8) is 0 Å². The number of nitrogens with two attached hydrogens (primary N) is 1. The topological polar surface area (TPSA) is 105 Å². The molecular weight excluding hydrogens is 499 g/mol.